The van der Waals surface area contributed by atoms with Gasteiger partial charge in [-0.05, 0) is 54.7 Å². The van der Waals surface area contributed by atoms with Gasteiger partial charge in [0.25, 0.3) is 11.8 Å². The average Bonchev–Trinajstić information content (AvgIpc) is 3.46. The highest BCUT2D eigenvalue weighted by atomic mass is 16.3. The van der Waals surface area contributed by atoms with Crippen molar-refractivity contribution in [3.05, 3.63) is 70.8 Å². The van der Waals surface area contributed by atoms with Gasteiger partial charge >= 0.3 is 0 Å². The Morgan fingerprint density at radius 1 is 0.880 bits per heavy atom. The Morgan fingerprint density at radius 2 is 1.44 bits per heavy atom. The molecular weight excluding hydrogens is 316 g/mol. The highest BCUT2D eigenvalue weighted by Gasteiger charge is 2.23. The number of aliphatic hydroxyl groups is 1. The number of aliphatic hydroxyl groups excluding tert-OH is 1. The molecule has 0 aromatic heterocycles. The molecule has 5 heteroatoms. The van der Waals surface area contributed by atoms with Crippen LogP contribution in [0.2, 0.25) is 0 Å². The molecule has 0 bridgehead atoms. The molecule has 0 atom stereocenters. The van der Waals surface area contributed by atoms with Crippen molar-refractivity contribution in [1.29, 1.82) is 0 Å². The SMILES string of the molecule is O=C(NCCc1ccc(CO)cc1)c1ccc(C(=O)NC2CC2)cc1. The highest BCUT2D eigenvalue weighted by Crippen LogP contribution is 2.19. The van der Waals surface area contributed by atoms with Crippen LogP contribution in [0.4, 0.5) is 0 Å². The molecule has 1 aliphatic rings. The predicted octanol–water partition coefficient (Wildman–Crippen LogP) is 2.04. The second-order valence-electron chi connectivity index (χ2n) is 6.31. The second kappa shape index (κ2) is 7.94. The van der Waals surface area contributed by atoms with E-state index in [-0.39, 0.29) is 18.4 Å². The quantitative estimate of drug-likeness (QED) is 0.723. The monoisotopic (exact) mass is 338 g/mol. The maximum Gasteiger partial charge on any atom is 0.251 e. The van der Waals surface area contributed by atoms with Crippen LogP contribution in [0.5, 0.6) is 0 Å². The van der Waals surface area contributed by atoms with E-state index in [2.05, 4.69) is 10.6 Å². The molecule has 0 unspecified atom stereocenters. The number of carbonyl (C=O) groups is 2. The number of hydrogen-bond acceptors (Lipinski definition) is 3. The van der Waals surface area contributed by atoms with Crippen molar-refractivity contribution in [3.8, 4) is 0 Å². The summed E-state index contributed by atoms with van der Waals surface area (Å²) >= 11 is 0. The molecule has 2 aromatic carbocycles. The number of carbonyl (C=O) groups excluding carboxylic acids is 2. The first-order valence-corrected chi connectivity index (χ1v) is 8.53. The highest BCUT2D eigenvalue weighted by molar-refractivity contribution is 5.98. The van der Waals surface area contributed by atoms with E-state index in [1.54, 1.807) is 24.3 Å². The summed E-state index contributed by atoms with van der Waals surface area (Å²) in [6.45, 7) is 0.562. The van der Waals surface area contributed by atoms with E-state index in [9.17, 15) is 9.59 Å². The van der Waals surface area contributed by atoms with E-state index in [1.165, 1.54) is 0 Å². The summed E-state index contributed by atoms with van der Waals surface area (Å²) in [5.74, 6) is -0.234. The van der Waals surface area contributed by atoms with Crippen LogP contribution in [-0.4, -0.2) is 29.5 Å². The molecule has 0 spiro atoms. The first-order chi connectivity index (χ1) is 12.2. The van der Waals surface area contributed by atoms with Crippen molar-refractivity contribution in [1.82, 2.24) is 10.6 Å². The standard InChI is InChI=1S/C20H22N2O3/c23-13-15-3-1-14(2-4-15)11-12-21-19(24)16-5-7-17(8-6-16)20(25)22-18-9-10-18/h1-8,18,23H,9-13H2,(H,21,24)(H,22,25). The molecule has 2 amide bonds. The predicted molar refractivity (Wildman–Crippen MR) is 95.3 cm³/mol. The number of benzene rings is 2. The Bertz CT molecular complexity index is 735. The molecule has 130 valence electrons. The van der Waals surface area contributed by atoms with Crippen molar-refractivity contribution in [2.45, 2.75) is 31.9 Å². The van der Waals surface area contributed by atoms with Crippen LogP contribution in [0.1, 0.15) is 44.7 Å². The van der Waals surface area contributed by atoms with Crippen LogP contribution < -0.4 is 10.6 Å². The van der Waals surface area contributed by atoms with Crippen LogP contribution in [0.15, 0.2) is 48.5 Å². The summed E-state index contributed by atoms with van der Waals surface area (Å²) in [4.78, 5) is 24.1. The van der Waals surface area contributed by atoms with Crippen molar-refractivity contribution < 1.29 is 14.7 Å². The molecule has 0 heterocycles. The van der Waals surface area contributed by atoms with Crippen molar-refractivity contribution in [2.24, 2.45) is 0 Å². The molecule has 5 nitrogen and oxygen atoms in total. The van der Waals surface area contributed by atoms with Crippen LogP contribution in [0.25, 0.3) is 0 Å². The Balaban J connectivity index is 1.47. The Labute approximate surface area is 147 Å². The summed E-state index contributed by atoms with van der Waals surface area (Å²) in [5.41, 5.74) is 3.09. The van der Waals surface area contributed by atoms with E-state index in [1.807, 2.05) is 24.3 Å². The van der Waals surface area contributed by atoms with Gasteiger partial charge in [-0.1, -0.05) is 24.3 Å². The number of hydrogen-bond donors (Lipinski definition) is 3. The van der Waals surface area contributed by atoms with Crippen molar-refractivity contribution in [3.63, 3.8) is 0 Å². The maximum absolute atomic E-state index is 12.2. The summed E-state index contributed by atoms with van der Waals surface area (Å²) in [6, 6.07) is 14.7. The van der Waals surface area contributed by atoms with Crippen LogP contribution >= 0.6 is 0 Å². The largest absolute Gasteiger partial charge is 0.392 e. The molecule has 0 saturated heterocycles. The van der Waals surface area contributed by atoms with Gasteiger partial charge < -0.3 is 15.7 Å². The lowest BCUT2D eigenvalue weighted by Crippen LogP contribution is -2.27. The molecule has 1 aliphatic carbocycles. The zero-order valence-corrected chi connectivity index (χ0v) is 14.0. The summed E-state index contributed by atoms with van der Waals surface area (Å²) in [6.07, 6.45) is 2.82. The topological polar surface area (TPSA) is 78.4 Å². The van der Waals surface area contributed by atoms with E-state index in [4.69, 9.17) is 5.11 Å². The smallest absolute Gasteiger partial charge is 0.251 e. The lowest BCUT2D eigenvalue weighted by atomic mass is 10.1. The zero-order chi connectivity index (χ0) is 17.6. The number of nitrogens with one attached hydrogen (secondary N) is 2. The fraction of sp³-hybridized carbons (Fsp3) is 0.300. The minimum atomic E-state index is -0.152. The van der Waals surface area contributed by atoms with Gasteiger partial charge in [0.15, 0.2) is 0 Å². The lowest BCUT2D eigenvalue weighted by Gasteiger charge is -2.07. The molecule has 0 radical (unpaired) electrons. The molecular formula is C20H22N2O3. The minimum absolute atomic E-state index is 0.0334. The normalized spacial score (nSPS) is 13.3. The average molecular weight is 338 g/mol. The molecule has 25 heavy (non-hydrogen) atoms. The Hall–Kier alpha value is -2.66. The number of rotatable bonds is 7. The first-order valence-electron chi connectivity index (χ1n) is 8.53. The van der Waals surface area contributed by atoms with Gasteiger partial charge in [0.2, 0.25) is 0 Å². The third-order valence-corrected chi connectivity index (χ3v) is 4.23. The van der Waals surface area contributed by atoms with Gasteiger partial charge in [-0.3, -0.25) is 9.59 Å². The molecule has 1 saturated carbocycles. The van der Waals surface area contributed by atoms with Crippen molar-refractivity contribution in [2.75, 3.05) is 6.54 Å². The van der Waals surface area contributed by atoms with Gasteiger partial charge in [-0.25, -0.2) is 0 Å². The van der Waals surface area contributed by atoms with Crippen LogP contribution in [0, 0.1) is 0 Å². The van der Waals surface area contributed by atoms with Gasteiger partial charge in [-0.2, -0.15) is 0 Å². The molecule has 0 aliphatic heterocycles. The Morgan fingerprint density at radius 3 is 2.00 bits per heavy atom. The lowest BCUT2D eigenvalue weighted by molar-refractivity contribution is 0.0940. The zero-order valence-electron chi connectivity index (χ0n) is 14.0. The minimum Gasteiger partial charge on any atom is -0.392 e. The third kappa shape index (κ3) is 4.90. The van der Waals surface area contributed by atoms with Crippen LogP contribution in [0.3, 0.4) is 0 Å². The van der Waals surface area contributed by atoms with Crippen molar-refractivity contribution >= 4 is 11.8 Å². The summed E-state index contributed by atoms with van der Waals surface area (Å²) in [7, 11) is 0. The molecule has 3 rings (SSSR count). The van der Waals surface area contributed by atoms with Gasteiger partial charge in [-0.15, -0.1) is 0 Å². The first kappa shape index (κ1) is 17.2. The molecule has 1 fully saturated rings. The summed E-state index contributed by atoms with van der Waals surface area (Å²) in [5, 5.41) is 14.8. The second-order valence-corrected chi connectivity index (χ2v) is 6.31. The van der Waals surface area contributed by atoms with E-state index < -0.39 is 0 Å². The van der Waals surface area contributed by atoms with Gasteiger partial charge in [0, 0.05) is 23.7 Å². The number of amides is 2. The van der Waals surface area contributed by atoms with E-state index in [0.717, 1.165) is 30.4 Å². The van der Waals surface area contributed by atoms with Gasteiger partial charge in [0.05, 0.1) is 6.61 Å². The van der Waals surface area contributed by atoms with Crippen LogP contribution in [-0.2, 0) is 13.0 Å². The fourth-order valence-electron chi connectivity index (χ4n) is 2.50. The Kier molecular flexibility index (Phi) is 5.46. The molecule has 3 N–H and O–H groups in total. The maximum atomic E-state index is 12.2. The van der Waals surface area contributed by atoms with E-state index in [0.29, 0.717) is 23.7 Å². The van der Waals surface area contributed by atoms with E-state index >= 15 is 0 Å². The molecule has 2 aromatic rings. The summed E-state index contributed by atoms with van der Waals surface area (Å²) < 4.78 is 0. The van der Waals surface area contributed by atoms with Gasteiger partial charge in [0.1, 0.15) is 0 Å². The third-order valence-electron chi connectivity index (χ3n) is 4.23. The fourth-order valence-corrected chi connectivity index (χ4v) is 2.50.